The quantitative estimate of drug-likeness (QED) is 0.892. The van der Waals surface area contributed by atoms with Crippen molar-refractivity contribution in [2.45, 2.75) is 25.2 Å². The Labute approximate surface area is 120 Å². The van der Waals surface area contributed by atoms with Gasteiger partial charge >= 0.3 is 0 Å². The third-order valence-electron chi connectivity index (χ3n) is 3.13. The first kappa shape index (κ1) is 15.0. The predicted octanol–water partition coefficient (Wildman–Crippen LogP) is 1.44. The summed E-state index contributed by atoms with van der Waals surface area (Å²) in [5.41, 5.74) is 6.27. The molecule has 0 aliphatic carbocycles. The van der Waals surface area contributed by atoms with Gasteiger partial charge in [0.25, 0.3) is 10.0 Å². The van der Waals surface area contributed by atoms with Gasteiger partial charge in [-0.15, -0.1) is 4.40 Å². The van der Waals surface area contributed by atoms with Gasteiger partial charge in [-0.05, 0) is 31.0 Å². The lowest BCUT2D eigenvalue weighted by Gasteiger charge is -2.26. The number of rotatable bonds is 5. The Hall–Kier alpha value is -1.40. The molecule has 0 bridgehead atoms. The van der Waals surface area contributed by atoms with E-state index < -0.39 is 10.0 Å². The van der Waals surface area contributed by atoms with E-state index in [9.17, 15) is 8.42 Å². The van der Waals surface area contributed by atoms with Crippen LogP contribution in [0.3, 0.4) is 0 Å². The minimum absolute atomic E-state index is 0.302. The lowest BCUT2D eigenvalue weighted by Crippen LogP contribution is -2.35. The second kappa shape index (κ2) is 5.93. The molecule has 0 saturated heterocycles. The van der Waals surface area contributed by atoms with Crippen LogP contribution in [0, 0.1) is 5.92 Å². The van der Waals surface area contributed by atoms with E-state index in [0.29, 0.717) is 28.8 Å². The monoisotopic (exact) mass is 295 g/mol. The van der Waals surface area contributed by atoms with Crippen LogP contribution in [0.2, 0.25) is 0 Å². The lowest BCUT2D eigenvalue weighted by atomic mass is 10.1. The number of sulfonamides is 1. The normalized spacial score (nSPS) is 16.1. The van der Waals surface area contributed by atoms with Crippen molar-refractivity contribution in [2.24, 2.45) is 16.0 Å². The molecule has 0 fully saturated rings. The lowest BCUT2D eigenvalue weighted by molar-refractivity contribution is 0.363. The van der Waals surface area contributed by atoms with Crippen LogP contribution in [-0.4, -0.2) is 38.8 Å². The van der Waals surface area contributed by atoms with E-state index in [-0.39, 0.29) is 0 Å². The van der Waals surface area contributed by atoms with Crippen molar-refractivity contribution < 1.29 is 8.42 Å². The molecule has 0 saturated carbocycles. The molecule has 0 spiro atoms. The molecule has 0 amide bonds. The highest BCUT2D eigenvalue weighted by atomic mass is 32.2. The average Bonchev–Trinajstić information content (AvgIpc) is 2.67. The SMILES string of the molecule is CC(C)CN(CCCN)C1=NS(=O)(=O)c2ccccc21. The first-order chi connectivity index (χ1) is 9.45. The van der Waals surface area contributed by atoms with E-state index in [2.05, 4.69) is 18.2 Å². The molecule has 2 rings (SSSR count). The van der Waals surface area contributed by atoms with Gasteiger partial charge in [0.15, 0.2) is 5.84 Å². The molecule has 5 nitrogen and oxygen atoms in total. The standard InChI is InChI=1S/C14H21N3O2S/c1-11(2)10-17(9-5-8-15)14-12-6-3-4-7-13(12)20(18,19)16-14/h3-4,6-7,11H,5,8-10,15H2,1-2H3. The Bertz CT molecular complexity index is 609. The fourth-order valence-corrected chi connectivity index (χ4v) is 3.55. The summed E-state index contributed by atoms with van der Waals surface area (Å²) in [7, 11) is -3.55. The van der Waals surface area contributed by atoms with E-state index in [1.807, 2.05) is 17.0 Å². The Morgan fingerprint density at radius 1 is 1.30 bits per heavy atom. The van der Waals surface area contributed by atoms with Crippen LogP contribution in [0.25, 0.3) is 0 Å². The predicted molar refractivity (Wildman–Crippen MR) is 80.2 cm³/mol. The molecular formula is C14H21N3O2S. The molecule has 110 valence electrons. The Morgan fingerprint density at radius 2 is 2.00 bits per heavy atom. The van der Waals surface area contributed by atoms with Gasteiger partial charge in [0.1, 0.15) is 4.90 Å². The topological polar surface area (TPSA) is 75.8 Å². The number of amidine groups is 1. The van der Waals surface area contributed by atoms with Crippen LogP contribution in [0.15, 0.2) is 33.6 Å². The zero-order valence-electron chi connectivity index (χ0n) is 11.9. The minimum atomic E-state index is -3.55. The van der Waals surface area contributed by atoms with Crippen molar-refractivity contribution in [3.63, 3.8) is 0 Å². The van der Waals surface area contributed by atoms with Gasteiger partial charge in [0, 0.05) is 18.7 Å². The maximum atomic E-state index is 12.1. The number of hydrogen-bond donors (Lipinski definition) is 1. The molecule has 20 heavy (non-hydrogen) atoms. The van der Waals surface area contributed by atoms with Crippen molar-refractivity contribution in [1.82, 2.24) is 4.90 Å². The zero-order valence-corrected chi connectivity index (χ0v) is 12.7. The first-order valence-electron chi connectivity index (χ1n) is 6.85. The summed E-state index contributed by atoms with van der Waals surface area (Å²) in [5, 5.41) is 0. The number of nitrogens with two attached hydrogens (primary N) is 1. The third-order valence-corrected chi connectivity index (χ3v) is 4.45. The van der Waals surface area contributed by atoms with Crippen LogP contribution in [0.5, 0.6) is 0 Å². The van der Waals surface area contributed by atoms with Crippen molar-refractivity contribution >= 4 is 15.9 Å². The molecular weight excluding hydrogens is 274 g/mol. The Morgan fingerprint density at radius 3 is 2.65 bits per heavy atom. The van der Waals surface area contributed by atoms with Crippen LogP contribution >= 0.6 is 0 Å². The van der Waals surface area contributed by atoms with Gasteiger partial charge in [0.2, 0.25) is 0 Å². The molecule has 0 radical (unpaired) electrons. The average molecular weight is 295 g/mol. The summed E-state index contributed by atoms with van der Waals surface area (Å²) in [4.78, 5) is 2.33. The van der Waals surface area contributed by atoms with Crippen LogP contribution < -0.4 is 5.73 Å². The van der Waals surface area contributed by atoms with Gasteiger partial charge in [-0.3, -0.25) is 0 Å². The van der Waals surface area contributed by atoms with Crippen LogP contribution in [0.4, 0.5) is 0 Å². The molecule has 6 heteroatoms. The van der Waals surface area contributed by atoms with Crippen LogP contribution in [0.1, 0.15) is 25.8 Å². The maximum absolute atomic E-state index is 12.1. The summed E-state index contributed by atoms with van der Waals surface area (Å²) >= 11 is 0. The molecule has 1 aliphatic rings. The van der Waals surface area contributed by atoms with Gasteiger partial charge in [0.05, 0.1) is 0 Å². The summed E-state index contributed by atoms with van der Waals surface area (Å²) in [5.74, 6) is 0.980. The van der Waals surface area contributed by atoms with E-state index in [0.717, 1.165) is 19.5 Å². The second-order valence-corrected chi connectivity index (χ2v) is 6.94. The molecule has 2 N–H and O–H groups in total. The van der Waals surface area contributed by atoms with Crippen molar-refractivity contribution in [3.05, 3.63) is 29.8 Å². The largest absolute Gasteiger partial charge is 0.355 e. The van der Waals surface area contributed by atoms with E-state index in [4.69, 9.17) is 5.73 Å². The molecule has 0 atom stereocenters. The third kappa shape index (κ3) is 3.02. The van der Waals surface area contributed by atoms with Crippen LogP contribution in [-0.2, 0) is 10.0 Å². The van der Waals surface area contributed by atoms with E-state index >= 15 is 0 Å². The van der Waals surface area contributed by atoms with Crippen molar-refractivity contribution in [3.8, 4) is 0 Å². The highest BCUT2D eigenvalue weighted by Gasteiger charge is 2.31. The fraction of sp³-hybridized carbons (Fsp3) is 0.500. The molecule has 0 aromatic heterocycles. The molecule has 1 aliphatic heterocycles. The zero-order chi connectivity index (χ0) is 14.8. The van der Waals surface area contributed by atoms with Gasteiger partial charge in [-0.25, -0.2) is 0 Å². The number of fused-ring (bicyclic) bond motifs is 1. The molecule has 1 aromatic rings. The summed E-state index contributed by atoms with van der Waals surface area (Å²) < 4.78 is 28.1. The maximum Gasteiger partial charge on any atom is 0.285 e. The van der Waals surface area contributed by atoms with Crippen molar-refractivity contribution in [1.29, 1.82) is 0 Å². The van der Waals surface area contributed by atoms with E-state index in [1.165, 1.54) is 0 Å². The van der Waals surface area contributed by atoms with Crippen molar-refractivity contribution in [2.75, 3.05) is 19.6 Å². The summed E-state index contributed by atoms with van der Waals surface area (Å²) in [6, 6.07) is 6.99. The highest BCUT2D eigenvalue weighted by molar-refractivity contribution is 7.90. The van der Waals surface area contributed by atoms with Gasteiger partial charge < -0.3 is 10.6 Å². The first-order valence-corrected chi connectivity index (χ1v) is 8.29. The second-order valence-electron chi connectivity index (χ2n) is 5.37. The van der Waals surface area contributed by atoms with Gasteiger partial charge in [-0.2, -0.15) is 8.42 Å². The molecule has 1 aromatic carbocycles. The Balaban J connectivity index is 2.39. The molecule has 0 unspecified atom stereocenters. The number of hydrogen-bond acceptors (Lipinski definition) is 4. The summed E-state index contributed by atoms with van der Waals surface area (Å²) in [6.07, 6.45) is 0.813. The Kier molecular flexibility index (Phi) is 4.45. The molecule has 1 heterocycles. The van der Waals surface area contributed by atoms with Gasteiger partial charge in [-0.1, -0.05) is 26.0 Å². The number of nitrogens with zero attached hydrogens (tertiary/aromatic N) is 2. The fourth-order valence-electron chi connectivity index (χ4n) is 2.32. The number of benzene rings is 1. The summed E-state index contributed by atoms with van der Waals surface area (Å²) in [6.45, 7) is 6.27. The van der Waals surface area contributed by atoms with E-state index in [1.54, 1.807) is 12.1 Å². The highest BCUT2D eigenvalue weighted by Crippen LogP contribution is 2.27. The minimum Gasteiger partial charge on any atom is -0.355 e. The smallest absolute Gasteiger partial charge is 0.285 e.